The van der Waals surface area contributed by atoms with Gasteiger partial charge in [-0.15, -0.1) is 0 Å². The molecule has 0 spiro atoms. The molecule has 0 fully saturated rings. The number of aliphatic carboxylic acids is 1. The Morgan fingerprint density at radius 3 is 2.76 bits per heavy atom. The average Bonchev–Trinajstić information content (AvgIpc) is 2.35. The Hall–Kier alpha value is -2.08. The van der Waals surface area contributed by atoms with E-state index < -0.39 is 5.97 Å². The normalized spacial score (nSPS) is 15.8. The molecule has 0 amide bonds. The number of carbonyl (C=O) groups excluding carboxylic acids is 1. The van der Waals surface area contributed by atoms with Crippen molar-refractivity contribution in [3.63, 3.8) is 0 Å². The average molecular weight is 292 g/mol. The van der Waals surface area contributed by atoms with Crippen LogP contribution in [0.4, 0.5) is 5.69 Å². The third kappa shape index (κ3) is 3.95. The molecule has 0 saturated carbocycles. The summed E-state index contributed by atoms with van der Waals surface area (Å²) in [7, 11) is 1.61. The third-order valence-electron chi connectivity index (χ3n) is 3.21. The Kier molecular flexibility index (Phi) is 4.18. The molecule has 0 bridgehead atoms. The van der Waals surface area contributed by atoms with Crippen LogP contribution >= 0.6 is 0 Å². The van der Waals surface area contributed by atoms with Gasteiger partial charge in [-0.25, -0.2) is 0 Å². The van der Waals surface area contributed by atoms with Crippen LogP contribution in [-0.2, 0) is 4.79 Å². The van der Waals surface area contributed by atoms with Crippen molar-refractivity contribution in [2.24, 2.45) is 0 Å². The van der Waals surface area contributed by atoms with E-state index >= 15 is 0 Å². The topological polar surface area (TPSA) is 78.9 Å². The standard InChI is InChI=1S/C15H20N2O4/c1-15(2)9-16-11-6-10(4-5-13(11)21-15)12(18)7-17(3)8-14(19)20/h4-6,16H,7-9H2,1-3H3,(H,19,20). The number of carbonyl (C=O) groups is 2. The summed E-state index contributed by atoms with van der Waals surface area (Å²) < 4.78 is 5.83. The van der Waals surface area contributed by atoms with Crippen molar-refractivity contribution in [1.29, 1.82) is 0 Å². The van der Waals surface area contributed by atoms with Gasteiger partial charge in [0, 0.05) is 5.56 Å². The highest BCUT2D eigenvalue weighted by molar-refractivity contribution is 5.99. The van der Waals surface area contributed by atoms with Gasteiger partial charge in [-0.3, -0.25) is 14.5 Å². The van der Waals surface area contributed by atoms with E-state index in [1.165, 1.54) is 4.90 Å². The number of ether oxygens (including phenoxy) is 1. The largest absolute Gasteiger partial charge is 0.484 e. The van der Waals surface area contributed by atoms with E-state index in [1.54, 1.807) is 25.2 Å². The van der Waals surface area contributed by atoms with Crippen LogP contribution in [0.2, 0.25) is 0 Å². The number of carboxylic acid groups (broad SMARTS) is 1. The smallest absolute Gasteiger partial charge is 0.317 e. The summed E-state index contributed by atoms with van der Waals surface area (Å²) in [4.78, 5) is 24.2. The maximum Gasteiger partial charge on any atom is 0.317 e. The predicted octanol–water partition coefficient (Wildman–Crippen LogP) is 1.47. The van der Waals surface area contributed by atoms with Gasteiger partial charge in [-0.05, 0) is 39.1 Å². The summed E-state index contributed by atoms with van der Waals surface area (Å²) in [5.74, 6) is -0.345. The van der Waals surface area contributed by atoms with E-state index in [1.807, 2.05) is 13.8 Å². The van der Waals surface area contributed by atoms with Crippen LogP contribution in [0.1, 0.15) is 24.2 Å². The molecule has 1 aromatic carbocycles. The fourth-order valence-corrected chi connectivity index (χ4v) is 2.20. The molecule has 0 aromatic heterocycles. The van der Waals surface area contributed by atoms with Crippen LogP contribution in [0, 0.1) is 0 Å². The number of anilines is 1. The lowest BCUT2D eigenvalue weighted by Crippen LogP contribution is -2.40. The third-order valence-corrected chi connectivity index (χ3v) is 3.21. The second-order valence-corrected chi connectivity index (χ2v) is 5.92. The molecule has 1 aromatic rings. The Labute approximate surface area is 123 Å². The van der Waals surface area contributed by atoms with Crippen molar-refractivity contribution < 1.29 is 19.4 Å². The lowest BCUT2D eigenvalue weighted by atomic mass is 10.0. The zero-order valence-corrected chi connectivity index (χ0v) is 12.5. The number of hydrogen-bond donors (Lipinski definition) is 2. The first-order chi connectivity index (χ1) is 9.77. The number of likely N-dealkylation sites (N-methyl/N-ethyl adjacent to an activating group) is 1. The van der Waals surface area contributed by atoms with Crippen LogP contribution in [-0.4, -0.2) is 54.0 Å². The Balaban J connectivity index is 2.08. The van der Waals surface area contributed by atoms with Gasteiger partial charge >= 0.3 is 5.97 Å². The Morgan fingerprint density at radius 2 is 2.10 bits per heavy atom. The molecule has 0 aliphatic carbocycles. The summed E-state index contributed by atoms with van der Waals surface area (Å²) in [5, 5.41) is 11.9. The van der Waals surface area contributed by atoms with Crippen molar-refractivity contribution in [2.75, 3.05) is 32.0 Å². The molecule has 0 unspecified atom stereocenters. The minimum Gasteiger partial charge on any atom is -0.484 e. The van der Waals surface area contributed by atoms with Gasteiger partial charge in [0.25, 0.3) is 0 Å². The SMILES string of the molecule is CN(CC(=O)O)CC(=O)c1ccc2c(c1)NCC(C)(C)O2. The molecular formula is C15H20N2O4. The summed E-state index contributed by atoms with van der Waals surface area (Å²) >= 11 is 0. The van der Waals surface area contributed by atoms with Crippen LogP contribution in [0.3, 0.4) is 0 Å². The Morgan fingerprint density at radius 1 is 1.38 bits per heavy atom. The number of rotatable bonds is 5. The van der Waals surface area contributed by atoms with Crippen LogP contribution in [0.15, 0.2) is 18.2 Å². The van der Waals surface area contributed by atoms with E-state index in [4.69, 9.17) is 9.84 Å². The van der Waals surface area contributed by atoms with Crippen LogP contribution < -0.4 is 10.1 Å². The fraction of sp³-hybridized carbons (Fsp3) is 0.467. The highest BCUT2D eigenvalue weighted by atomic mass is 16.5. The van der Waals surface area contributed by atoms with E-state index in [9.17, 15) is 9.59 Å². The van der Waals surface area contributed by atoms with Gasteiger partial charge in [0.15, 0.2) is 5.78 Å². The van der Waals surface area contributed by atoms with Gasteiger partial charge in [0.05, 0.1) is 25.3 Å². The summed E-state index contributed by atoms with van der Waals surface area (Å²) in [6.07, 6.45) is 0. The van der Waals surface area contributed by atoms with Crippen molar-refractivity contribution in [1.82, 2.24) is 4.90 Å². The monoisotopic (exact) mass is 292 g/mol. The number of nitrogens with zero attached hydrogens (tertiary/aromatic N) is 1. The number of hydrogen-bond acceptors (Lipinski definition) is 5. The molecule has 21 heavy (non-hydrogen) atoms. The number of ketones is 1. The number of Topliss-reactive ketones (excluding diaryl/α,β-unsaturated/α-hetero) is 1. The zero-order valence-electron chi connectivity index (χ0n) is 12.5. The van der Waals surface area contributed by atoms with E-state index in [0.29, 0.717) is 12.1 Å². The summed E-state index contributed by atoms with van der Waals surface area (Å²) in [6, 6.07) is 5.23. The first-order valence-corrected chi connectivity index (χ1v) is 6.77. The fourth-order valence-electron chi connectivity index (χ4n) is 2.20. The van der Waals surface area contributed by atoms with Crippen molar-refractivity contribution in [3.05, 3.63) is 23.8 Å². The Bertz CT molecular complexity index is 569. The maximum atomic E-state index is 12.1. The quantitative estimate of drug-likeness (QED) is 0.800. The summed E-state index contributed by atoms with van der Waals surface area (Å²) in [5.41, 5.74) is 1.06. The van der Waals surface area contributed by atoms with Gasteiger partial charge in [-0.1, -0.05) is 0 Å². The van der Waals surface area contributed by atoms with Crippen LogP contribution in [0.5, 0.6) is 5.75 Å². The second-order valence-electron chi connectivity index (χ2n) is 5.92. The van der Waals surface area contributed by atoms with Crippen LogP contribution in [0.25, 0.3) is 0 Å². The number of benzene rings is 1. The number of carboxylic acids is 1. The highest BCUT2D eigenvalue weighted by Gasteiger charge is 2.26. The molecule has 0 radical (unpaired) electrons. The van der Waals surface area contributed by atoms with E-state index in [2.05, 4.69) is 5.32 Å². The zero-order chi connectivity index (χ0) is 15.6. The van der Waals surface area contributed by atoms with Crippen molar-refractivity contribution in [2.45, 2.75) is 19.4 Å². The predicted molar refractivity (Wildman–Crippen MR) is 79.1 cm³/mol. The molecule has 1 aliphatic rings. The minimum atomic E-state index is -0.951. The first-order valence-electron chi connectivity index (χ1n) is 6.77. The van der Waals surface area contributed by atoms with Gasteiger partial charge in [0.2, 0.25) is 0 Å². The molecule has 0 saturated heterocycles. The molecule has 6 nitrogen and oxygen atoms in total. The van der Waals surface area contributed by atoms with Crippen molar-refractivity contribution in [3.8, 4) is 5.75 Å². The lowest BCUT2D eigenvalue weighted by Gasteiger charge is -2.33. The molecule has 2 rings (SSSR count). The molecule has 1 heterocycles. The van der Waals surface area contributed by atoms with Gasteiger partial charge < -0.3 is 15.2 Å². The number of fused-ring (bicyclic) bond motifs is 1. The molecule has 6 heteroatoms. The molecule has 1 aliphatic heterocycles. The summed E-state index contributed by atoms with van der Waals surface area (Å²) in [6.45, 7) is 4.55. The van der Waals surface area contributed by atoms with Gasteiger partial charge in [-0.2, -0.15) is 0 Å². The highest BCUT2D eigenvalue weighted by Crippen LogP contribution is 2.33. The molecular weight excluding hydrogens is 272 g/mol. The number of nitrogens with one attached hydrogen (secondary N) is 1. The second kappa shape index (κ2) is 5.73. The molecule has 2 N–H and O–H groups in total. The minimum absolute atomic E-state index is 0.0669. The van der Waals surface area contributed by atoms with E-state index in [0.717, 1.165) is 11.4 Å². The molecule has 114 valence electrons. The molecule has 0 atom stereocenters. The van der Waals surface area contributed by atoms with Gasteiger partial charge in [0.1, 0.15) is 11.4 Å². The maximum absolute atomic E-state index is 12.1. The van der Waals surface area contributed by atoms with E-state index in [-0.39, 0.29) is 24.5 Å². The van der Waals surface area contributed by atoms with Crippen molar-refractivity contribution >= 4 is 17.4 Å². The first kappa shape index (κ1) is 15.3. The lowest BCUT2D eigenvalue weighted by molar-refractivity contribution is -0.137.